The van der Waals surface area contributed by atoms with Crippen molar-refractivity contribution in [2.75, 3.05) is 17.2 Å². The van der Waals surface area contributed by atoms with E-state index in [0.29, 0.717) is 29.2 Å². The van der Waals surface area contributed by atoms with Crippen molar-refractivity contribution in [1.29, 1.82) is 5.41 Å². The number of hydrogen-bond donors (Lipinski definition) is 5. The van der Waals surface area contributed by atoms with Crippen molar-refractivity contribution in [2.24, 2.45) is 0 Å². The second kappa shape index (κ2) is 11.3. The topological polar surface area (TPSA) is 183 Å². The number of guanidine groups is 1. The molecule has 0 bridgehead atoms. The van der Waals surface area contributed by atoms with Crippen LogP contribution in [0.4, 0.5) is 16.3 Å². The first-order chi connectivity index (χ1) is 18.6. The Morgan fingerprint density at radius 2 is 1.67 bits per heavy atom. The molecule has 13 heteroatoms. The molecule has 1 amide bonds. The number of nitrogens with zero attached hydrogens (tertiary/aromatic N) is 3. The predicted molar refractivity (Wildman–Crippen MR) is 147 cm³/mol. The molecule has 4 aromatic rings. The SMILES string of the molecule is CCNC(=N)Nc1ccc(-c2cc(-c3nc(-c4ccc(S(=O)(=O)C(C)C)cc4)cnc3NC(=O)O)on2)cc1. The molecule has 5 N–H and O–H groups in total. The predicted octanol–water partition coefficient (Wildman–Crippen LogP) is 4.69. The Hall–Kier alpha value is -4.78. The molecule has 0 radical (unpaired) electrons. The Balaban J connectivity index is 1.65. The summed E-state index contributed by atoms with van der Waals surface area (Å²) in [6.07, 6.45) is 0.0573. The van der Waals surface area contributed by atoms with E-state index in [1.165, 1.54) is 18.3 Å². The zero-order valence-corrected chi connectivity index (χ0v) is 22.2. The van der Waals surface area contributed by atoms with Gasteiger partial charge in [0.1, 0.15) is 5.69 Å². The Morgan fingerprint density at radius 3 is 2.28 bits per heavy atom. The molecule has 2 aromatic heterocycles. The molecular formula is C26H27N7O5S. The van der Waals surface area contributed by atoms with Crippen LogP contribution in [-0.4, -0.2) is 52.5 Å². The summed E-state index contributed by atoms with van der Waals surface area (Å²) in [6.45, 7) is 5.75. The molecule has 4 rings (SSSR count). The quantitative estimate of drug-likeness (QED) is 0.153. The van der Waals surface area contributed by atoms with E-state index in [2.05, 4.69) is 31.1 Å². The number of amides is 1. The molecule has 0 fully saturated rings. The van der Waals surface area contributed by atoms with Crippen LogP contribution in [0, 0.1) is 5.41 Å². The van der Waals surface area contributed by atoms with Crippen LogP contribution in [0.3, 0.4) is 0 Å². The molecule has 2 aromatic carbocycles. The highest BCUT2D eigenvalue weighted by Crippen LogP contribution is 2.31. The standard InChI is InChI=1S/C26H27N7O5S/c1-4-28-25(27)30-18-9-5-16(6-10-18)20-13-22(38-33-20)23-24(32-26(34)35)29-14-21(31-23)17-7-11-19(12-8-17)39(36,37)15(2)3/h5-15H,4H2,1-3H3,(H,29,32)(H,34,35)(H3,27,28,30). The highest BCUT2D eigenvalue weighted by atomic mass is 32.2. The van der Waals surface area contributed by atoms with Crippen molar-refractivity contribution in [2.45, 2.75) is 30.9 Å². The first-order valence-corrected chi connectivity index (χ1v) is 13.5. The monoisotopic (exact) mass is 549 g/mol. The smallest absolute Gasteiger partial charge is 0.410 e. The lowest BCUT2D eigenvalue weighted by Crippen LogP contribution is -2.28. The second-order valence-corrected chi connectivity index (χ2v) is 11.2. The molecule has 0 aliphatic rings. The molecular weight excluding hydrogens is 522 g/mol. The fraction of sp³-hybridized carbons (Fsp3) is 0.192. The fourth-order valence-electron chi connectivity index (χ4n) is 3.59. The normalized spacial score (nSPS) is 11.3. The second-order valence-electron chi connectivity index (χ2n) is 8.68. The Labute approximate surface area is 224 Å². The van der Waals surface area contributed by atoms with Crippen LogP contribution >= 0.6 is 0 Å². The van der Waals surface area contributed by atoms with Crippen molar-refractivity contribution >= 4 is 33.4 Å². The van der Waals surface area contributed by atoms with Crippen molar-refractivity contribution < 1.29 is 22.8 Å². The molecule has 0 spiro atoms. The van der Waals surface area contributed by atoms with Crippen LogP contribution in [0.25, 0.3) is 34.0 Å². The summed E-state index contributed by atoms with van der Waals surface area (Å²) in [5.41, 5.74) is 3.00. The van der Waals surface area contributed by atoms with Gasteiger partial charge in [0.25, 0.3) is 0 Å². The highest BCUT2D eigenvalue weighted by Gasteiger charge is 2.21. The number of benzene rings is 2. The van der Waals surface area contributed by atoms with Crippen molar-refractivity contribution in [3.63, 3.8) is 0 Å². The number of rotatable bonds is 8. The summed E-state index contributed by atoms with van der Waals surface area (Å²) in [5, 5.41) is 28.6. The van der Waals surface area contributed by atoms with Gasteiger partial charge in [-0.25, -0.2) is 23.2 Å². The molecule has 202 valence electrons. The van der Waals surface area contributed by atoms with Gasteiger partial charge in [0, 0.05) is 29.4 Å². The maximum Gasteiger partial charge on any atom is 0.410 e. The van der Waals surface area contributed by atoms with E-state index in [1.54, 1.807) is 56.3 Å². The van der Waals surface area contributed by atoms with Crippen LogP contribution < -0.4 is 16.0 Å². The Bertz CT molecular complexity index is 1600. The minimum absolute atomic E-state index is 0.0468. The number of nitrogens with one attached hydrogen (secondary N) is 4. The number of sulfone groups is 1. The van der Waals surface area contributed by atoms with E-state index < -0.39 is 21.2 Å². The van der Waals surface area contributed by atoms with Crippen LogP contribution in [0.1, 0.15) is 20.8 Å². The van der Waals surface area contributed by atoms with E-state index in [4.69, 9.17) is 9.93 Å². The lowest BCUT2D eigenvalue weighted by molar-refractivity contribution is 0.209. The van der Waals surface area contributed by atoms with E-state index in [0.717, 1.165) is 5.56 Å². The van der Waals surface area contributed by atoms with Gasteiger partial charge in [-0.2, -0.15) is 0 Å². The zero-order chi connectivity index (χ0) is 28.2. The molecule has 0 saturated heterocycles. The summed E-state index contributed by atoms with van der Waals surface area (Å²) in [4.78, 5) is 20.3. The number of aromatic nitrogens is 3. The summed E-state index contributed by atoms with van der Waals surface area (Å²) in [7, 11) is -3.43. The van der Waals surface area contributed by atoms with Gasteiger partial charge in [-0.3, -0.25) is 10.7 Å². The van der Waals surface area contributed by atoms with Crippen molar-refractivity contribution in [3.8, 4) is 34.0 Å². The van der Waals surface area contributed by atoms with E-state index >= 15 is 0 Å². The van der Waals surface area contributed by atoms with E-state index in [-0.39, 0.29) is 28.1 Å². The number of carboxylic acid groups (broad SMARTS) is 1. The van der Waals surface area contributed by atoms with Crippen LogP contribution in [0.2, 0.25) is 0 Å². The van der Waals surface area contributed by atoms with Gasteiger partial charge in [-0.1, -0.05) is 29.4 Å². The van der Waals surface area contributed by atoms with Gasteiger partial charge in [-0.05, 0) is 45.0 Å². The third-order valence-electron chi connectivity index (χ3n) is 5.64. The minimum atomic E-state index is -3.43. The van der Waals surface area contributed by atoms with Crippen molar-refractivity contribution in [3.05, 3.63) is 60.8 Å². The lowest BCUT2D eigenvalue weighted by Gasteiger charge is -2.10. The average molecular weight is 550 g/mol. The molecule has 12 nitrogen and oxygen atoms in total. The summed E-state index contributed by atoms with van der Waals surface area (Å²) < 4.78 is 30.4. The summed E-state index contributed by atoms with van der Waals surface area (Å²) in [6, 6.07) is 15.0. The van der Waals surface area contributed by atoms with Gasteiger partial charge in [0.05, 0.1) is 22.0 Å². The Morgan fingerprint density at radius 1 is 1.03 bits per heavy atom. The zero-order valence-electron chi connectivity index (χ0n) is 21.4. The first-order valence-electron chi connectivity index (χ1n) is 12.0. The highest BCUT2D eigenvalue weighted by molar-refractivity contribution is 7.92. The molecule has 0 saturated carbocycles. The minimum Gasteiger partial charge on any atom is -0.465 e. The van der Waals surface area contributed by atoms with Gasteiger partial charge in [0.2, 0.25) is 0 Å². The third-order valence-corrected chi connectivity index (χ3v) is 7.81. The maximum absolute atomic E-state index is 12.5. The van der Waals surface area contributed by atoms with Gasteiger partial charge < -0.3 is 20.3 Å². The van der Waals surface area contributed by atoms with Gasteiger partial charge in [0.15, 0.2) is 33.1 Å². The summed E-state index contributed by atoms with van der Waals surface area (Å²) >= 11 is 0. The molecule has 0 unspecified atom stereocenters. The van der Waals surface area contributed by atoms with Gasteiger partial charge in [-0.15, -0.1) is 0 Å². The van der Waals surface area contributed by atoms with Crippen molar-refractivity contribution in [1.82, 2.24) is 20.4 Å². The van der Waals surface area contributed by atoms with Crippen LogP contribution in [-0.2, 0) is 9.84 Å². The van der Waals surface area contributed by atoms with E-state index in [9.17, 15) is 18.3 Å². The number of hydrogen-bond acceptors (Lipinski definition) is 8. The lowest BCUT2D eigenvalue weighted by atomic mass is 10.1. The van der Waals surface area contributed by atoms with Crippen LogP contribution in [0.15, 0.2) is 70.2 Å². The molecule has 0 aliphatic heterocycles. The number of anilines is 2. The van der Waals surface area contributed by atoms with E-state index in [1.807, 2.05) is 6.92 Å². The molecule has 0 atom stereocenters. The first kappa shape index (κ1) is 27.3. The van der Waals surface area contributed by atoms with Gasteiger partial charge >= 0.3 is 6.09 Å². The number of carbonyl (C=O) groups is 1. The molecule has 2 heterocycles. The molecule has 39 heavy (non-hydrogen) atoms. The molecule has 0 aliphatic carbocycles. The van der Waals surface area contributed by atoms with Crippen LogP contribution in [0.5, 0.6) is 0 Å². The third kappa shape index (κ3) is 6.21. The Kier molecular flexibility index (Phi) is 7.91. The largest absolute Gasteiger partial charge is 0.465 e. The maximum atomic E-state index is 12.5. The average Bonchev–Trinajstić information content (AvgIpc) is 3.39. The summed E-state index contributed by atoms with van der Waals surface area (Å²) in [5.74, 6) is 0.315. The fourth-order valence-corrected chi connectivity index (χ4v) is 4.65.